The zero-order valence-corrected chi connectivity index (χ0v) is 13.3. The van der Waals surface area contributed by atoms with E-state index in [1.807, 2.05) is 30.3 Å². The molecule has 2 N–H and O–H groups in total. The molecule has 0 aliphatic rings. The molecule has 0 saturated heterocycles. The van der Waals surface area contributed by atoms with Gasteiger partial charge < -0.3 is 15.2 Å². The highest BCUT2D eigenvalue weighted by atomic mass is 16.5. The summed E-state index contributed by atoms with van der Waals surface area (Å²) in [4.78, 5) is 23.1. The number of benzene rings is 1. The number of carbonyl (C=O) groups excluding carboxylic acids is 2. The highest BCUT2D eigenvalue weighted by Crippen LogP contribution is 2.05. The van der Waals surface area contributed by atoms with Gasteiger partial charge in [-0.05, 0) is 11.6 Å². The number of methoxy groups -OCH3 is 1. The summed E-state index contributed by atoms with van der Waals surface area (Å²) in [6, 6.07) is 8.81. The maximum atomic E-state index is 11.8. The molecule has 0 unspecified atom stereocenters. The molecule has 0 aliphatic heterocycles. The number of rotatable bonds is 7. The molecule has 2 aromatic rings. The second-order valence-electron chi connectivity index (χ2n) is 5.06. The molecular formula is C17H19N3O4. The second-order valence-corrected chi connectivity index (χ2v) is 5.06. The number of aromatic nitrogens is 2. The van der Waals surface area contributed by atoms with E-state index < -0.39 is 24.5 Å². The molecule has 7 nitrogen and oxygen atoms in total. The van der Waals surface area contributed by atoms with Crippen LogP contribution in [0.4, 0.5) is 0 Å². The van der Waals surface area contributed by atoms with E-state index in [1.54, 1.807) is 23.2 Å². The molecule has 24 heavy (non-hydrogen) atoms. The van der Waals surface area contributed by atoms with Crippen LogP contribution in [0.25, 0.3) is 6.08 Å². The van der Waals surface area contributed by atoms with E-state index in [-0.39, 0.29) is 0 Å². The fourth-order valence-electron chi connectivity index (χ4n) is 2.04. The van der Waals surface area contributed by atoms with Gasteiger partial charge in [0.15, 0.2) is 6.04 Å². The average molecular weight is 329 g/mol. The minimum absolute atomic E-state index is 0.504. The van der Waals surface area contributed by atoms with Gasteiger partial charge in [-0.2, -0.15) is 5.10 Å². The van der Waals surface area contributed by atoms with E-state index in [2.05, 4.69) is 15.2 Å². The lowest BCUT2D eigenvalue weighted by atomic mass is 10.2. The van der Waals surface area contributed by atoms with Gasteiger partial charge in [0.1, 0.15) is 0 Å². The molecule has 0 saturated carbocycles. The van der Waals surface area contributed by atoms with Crippen LogP contribution >= 0.6 is 0 Å². The number of nitrogens with one attached hydrogen (secondary N) is 1. The van der Waals surface area contributed by atoms with Crippen LogP contribution in [0.2, 0.25) is 0 Å². The first-order valence-electron chi connectivity index (χ1n) is 7.36. The average Bonchev–Trinajstić information content (AvgIpc) is 3.05. The van der Waals surface area contributed by atoms with Gasteiger partial charge in [0.05, 0.1) is 26.5 Å². The van der Waals surface area contributed by atoms with Crippen LogP contribution in [-0.4, -0.2) is 46.5 Å². The number of nitrogens with zero attached hydrogens (tertiary/aromatic N) is 2. The van der Waals surface area contributed by atoms with Gasteiger partial charge in [-0.15, -0.1) is 0 Å². The summed E-state index contributed by atoms with van der Waals surface area (Å²) in [6.45, 7) is 0.108. The summed E-state index contributed by atoms with van der Waals surface area (Å²) >= 11 is 0. The molecular weight excluding hydrogens is 310 g/mol. The van der Waals surface area contributed by atoms with Gasteiger partial charge >= 0.3 is 5.97 Å². The van der Waals surface area contributed by atoms with Crippen molar-refractivity contribution in [2.45, 2.75) is 12.6 Å². The van der Waals surface area contributed by atoms with E-state index in [0.717, 1.165) is 11.1 Å². The first kappa shape index (κ1) is 17.4. The van der Waals surface area contributed by atoms with E-state index in [9.17, 15) is 9.59 Å². The Labute approximate surface area is 139 Å². The first-order valence-corrected chi connectivity index (χ1v) is 7.36. The Bertz CT molecular complexity index is 710. The highest BCUT2D eigenvalue weighted by molar-refractivity contribution is 5.94. The maximum Gasteiger partial charge on any atom is 0.330 e. The van der Waals surface area contributed by atoms with Crippen molar-refractivity contribution >= 4 is 18.0 Å². The molecule has 0 spiro atoms. The molecule has 7 heteroatoms. The van der Waals surface area contributed by atoms with Crippen LogP contribution in [0.15, 0.2) is 48.8 Å². The number of carbonyl (C=O) groups is 2. The molecule has 1 amide bonds. The molecule has 1 atom stereocenters. The molecule has 1 aromatic heterocycles. The smallest absolute Gasteiger partial charge is 0.330 e. The van der Waals surface area contributed by atoms with Gasteiger partial charge in [0.2, 0.25) is 5.91 Å². The number of esters is 1. The van der Waals surface area contributed by atoms with Crippen molar-refractivity contribution in [2.75, 3.05) is 13.7 Å². The van der Waals surface area contributed by atoms with Gasteiger partial charge in [0.25, 0.3) is 0 Å². The zero-order chi connectivity index (χ0) is 17.4. The van der Waals surface area contributed by atoms with Crippen LogP contribution < -0.4 is 5.32 Å². The van der Waals surface area contributed by atoms with Crippen molar-refractivity contribution in [3.63, 3.8) is 0 Å². The molecule has 1 heterocycles. The molecule has 0 fully saturated rings. The summed E-state index contributed by atoms with van der Waals surface area (Å²) < 4.78 is 6.24. The Morgan fingerprint density at radius 1 is 1.38 bits per heavy atom. The molecule has 0 radical (unpaired) electrons. The summed E-state index contributed by atoms with van der Waals surface area (Å²) in [7, 11) is 1.19. The van der Waals surface area contributed by atoms with Crippen molar-refractivity contribution in [1.82, 2.24) is 15.1 Å². The monoisotopic (exact) mass is 329 g/mol. The molecule has 2 rings (SSSR count). The van der Waals surface area contributed by atoms with Gasteiger partial charge in [-0.1, -0.05) is 30.3 Å². The molecule has 0 aliphatic carbocycles. The lowest BCUT2D eigenvalue weighted by Crippen LogP contribution is -2.43. The Morgan fingerprint density at radius 3 is 2.79 bits per heavy atom. The Kier molecular flexibility index (Phi) is 6.27. The van der Waals surface area contributed by atoms with Crippen molar-refractivity contribution in [1.29, 1.82) is 0 Å². The van der Waals surface area contributed by atoms with Gasteiger partial charge in [-0.25, -0.2) is 4.79 Å². The van der Waals surface area contributed by atoms with Crippen LogP contribution in [-0.2, 0) is 20.9 Å². The van der Waals surface area contributed by atoms with Gasteiger partial charge in [-0.3, -0.25) is 9.48 Å². The topological polar surface area (TPSA) is 93.4 Å². The standard InChI is InChI=1S/C17H19N3O4/c1-24-17(23)15(12-21)19-16(22)8-7-14-9-18-20(11-14)10-13-5-3-2-4-6-13/h2-9,11,15,21H,10,12H2,1H3,(H,19,22)/b8-7+/t15-/m1/s1. The first-order chi connectivity index (χ1) is 11.6. The summed E-state index contributed by atoms with van der Waals surface area (Å²) in [5.41, 5.74) is 1.87. The number of hydrogen-bond acceptors (Lipinski definition) is 5. The van der Waals surface area contributed by atoms with E-state index in [0.29, 0.717) is 6.54 Å². The van der Waals surface area contributed by atoms with Crippen LogP contribution in [0.3, 0.4) is 0 Å². The van der Waals surface area contributed by atoms with Crippen molar-refractivity contribution in [2.24, 2.45) is 0 Å². The van der Waals surface area contributed by atoms with Crippen LogP contribution in [0.1, 0.15) is 11.1 Å². The number of amides is 1. The fraction of sp³-hybridized carbons (Fsp3) is 0.235. The second kappa shape index (κ2) is 8.64. The van der Waals surface area contributed by atoms with Gasteiger partial charge in [0, 0.05) is 17.8 Å². The zero-order valence-electron chi connectivity index (χ0n) is 13.3. The van der Waals surface area contributed by atoms with E-state index in [4.69, 9.17) is 5.11 Å². The summed E-state index contributed by atoms with van der Waals surface area (Å²) in [6.07, 6.45) is 6.29. The van der Waals surface area contributed by atoms with Crippen LogP contribution in [0, 0.1) is 0 Å². The predicted octanol–water partition coefficient (Wildman–Crippen LogP) is 0.595. The number of ether oxygens (including phenoxy) is 1. The van der Waals surface area contributed by atoms with E-state index in [1.165, 1.54) is 13.2 Å². The third-order valence-corrected chi connectivity index (χ3v) is 3.25. The minimum Gasteiger partial charge on any atom is -0.467 e. The van der Waals surface area contributed by atoms with Crippen molar-refractivity contribution < 1.29 is 19.4 Å². The minimum atomic E-state index is -1.08. The molecule has 0 bridgehead atoms. The SMILES string of the molecule is COC(=O)[C@@H](CO)NC(=O)/C=C/c1cnn(Cc2ccccc2)c1. The predicted molar refractivity (Wildman–Crippen MR) is 87.8 cm³/mol. The maximum absolute atomic E-state index is 11.8. The third kappa shape index (κ3) is 5.06. The molecule has 1 aromatic carbocycles. The molecule has 126 valence electrons. The number of hydrogen-bond donors (Lipinski definition) is 2. The lowest BCUT2D eigenvalue weighted by Gasteiger charge is -2.11. The summed E-state index contributed by atoms with van der Waals surface area (Å²) in [5.74, 6) is -1.20. The Hall–Kier alpha value is -2.93. The van der Waals surface area contributed by atoms with Crippen LogP contribution in [0.5, 0.6) is 0 Å². The quantitative estimate of drug-likeness (QED) is 0.573. The van der Waals surface area contributed by atoms with E-state index >= 15 is 0 Å². The number of aliphatic hydroxyl groups excluding tert-OH is 1. The summed E-state index contributed by atoms with van der Waals surface area (Å²) in [5, 5.41) is 15.6. The highest BCUT2D eigenvalue weighted by Gasteiger charge is 2.19. The Morgan fingerprint density at radius 2 is 2.12 bits per heavy atom. The lowest BCUT2D eigenvalue weighted by molar-refractivity contribution is -0.145. The normalized spacial score (nSPS) is 12.1. The fourth-order valence-corrected chi connectivity index (χ4v) is 2.04. The van der Waals surface area contributed by atoms with Crippen molar-refractivity contribution in [3.8, 4) is 0 Å². The number of aliphatic hydroxyl groups is 1. The third-order valence-electron chi connectivity index (χ3n) is 3.25. The Balaban J connectivity index is 1.92. The largest absolute Gasteiger partial charge is 0.467 e. The van der Waals surface area contributed by atoms with Crippen molar-refractivity contribution in [3.05, 3.63) is 59.9 Å².